The molecule has 8 nitrogen and oxygen atoms in total. The first-order chi connectivity index (χ1) is 15.8. The normalized spacial score (nSPS) is 15.5. The Hall–Kier alpha value is -3.23. The highest BCUT2D eigenvalue weighted by Crippen LogP contribution is 2.29. The van der Waals surface area contributed by atoms with E-state index in [0.717, 1.165) is 0 Å². The number of methoxy groups -OCH3 is 1. The third-order valence-electron chi connectivity index (χ3n) is 4.94. The van der Waals surface area contributed by atoms with Crippen LogP contribution in [0.5, 0.6) is 11.5 Å². The Bertz CT molecular complexity index is 1070. The van der Waals surface area contributed by atoms with Gasteiger partial charge in [0.05, 0.1) is 7.11 Å². The van der Waals surface area contributed by atoms with Crippen LogP contribution >= 0.6 is 23.2 Å². The fourth-order valence-corrected chi connectivity index (χ4v) is 4.00. The van der Waals surface area contributed by atoms with Crippen molar-refractivity contribution < 1.29 is 23.9 Å². The Kier molecular flexibility index (Phi) is 8.19. The molecule has 1 fully saturated rings. The van der Waals surface area contributed by atoms with Gasteiger partial charge in [-0.25, -0.2) is 0 Å². The van der Waals surface area contributed by atoms with Crippen LogP contribution in [-0.4, -0.2) is 48.9 Å². The zero-order chi connectivity index (χ0) is 24.0. The average Bonchev–Trinajstić information content (AvgIpc) is 3.25. The van der Waals surface area contributed by atoms with E-state index in [2.05, 4.69) is 5.32 Å². The number of benzene rings is 2. The Morgan fingerprint density at radius 2 is 1.88 bits per heavy atom. The fourth-order valence-electron chi connectivity index (χ4n) is 3.47. The summed E-state index contributed by atoms with van der Waals surface area (Å²) in [5.41, 5.74) is 6.24. The summed E-state index contributed by atoms with van der Waals surface area (Å²) in [5.74, 6) is -0.439. The maximum atomic E-state index is 12.8. The number of likely N-dealkylation sites (tertiary alicyclic amines) is 1. The molecule has 0 radical (unpaired) electrons. The number of halogens is 2. The van der Waals surface area contributed by atoms with Crippen LogP contribution in [0.3, 0.4) is 0 Å². The number of anilines is 1. The molecule has 1 atom stereocenters. The topological polar surface area (TPSA) is 111 Å². The molecule has 1 unspecified atom stereocenters. The van der Waals surface area contributed by atoms with E-state index in [1.165, 1.54) is 18.1 Å². The predicted molar refractivity (Wildman–Crippen MR) is 127 cm³/mol. The minimum atomic E-state index is -0.603. The highest BCUT2D eigenvalue weighted by atomic mass is 35.5. The van der Waals surface area contributed by atoms with Crippen molar-refractivity contribution in [1.82, 2.24) is 4.90 Å². The van der Waals surface area contributed by atoms with Gasteiger partial charge in [-0.05, 0) is 54.8 Å². The number of carbonyl (C=O) groups is 3. The molecule has 33 heavy (non-hydrogen) atoms. The van der Waals surface area contributed by atoms with Crippen LogP contribution in [0.25, 0.3) is 6.08 Å². The molecular formula is C23H23Cl2N3O5. The molecule has 2 aromatic carbocycles. The standard InChI is InChI=1S/C23H23Cl2N3O5/c1-32-20-9-14(4-6-19(20)33-13-21(26)29)5-7-22(30)28-8-2-3-18(28)23(31)27-17-11-15(24)10-16(25)12-17/h4-7,9-12,18H,2-3,8,13H2,1H3,(H2,26,29)(H,27,31)/b7-5+. The number of nitrogens with one attached hydrogen (secondary N) is 1. The second-order valence-electron chi connectivity index (χ2n) is 7.34. The lowest BCUT2D eigenvalue weighted by atomic mass is 10.1. The first-order valence-corrected chi connectivity index (χ1v) is 10.9. The van der Waals surface area contributed by atoms with Gasteiger partial charge in [0.1, 0.15) is 6.04 Å². The number of nitrogens with zero attached hydrogens (tertiary/aromatic N) is 1. The summed E-state index contributed by atoms with van der Waals surface area (Å²) < 4.78 is 10.6. The first-order valence-electron chi connectivity index (χ1n) is 10.1. The number of primary amides is 1. The van der Waals surface area contributed by atoms with Crippen LogP contribution in [-0.2, 0) is 14.4 Å². The second kappa shape index (κ2) is 11.1. The molecule has 0 aromatic heterocycles. The molecule has 1 heterocycles. The minimum Gasteiger partial charge on any atom is -0.493 e. The van der Waals surface area contributed by atoms with Crippen LogP contribution in [0.2, 0.25) is 10.0 Å². The summed E-state index contributed by atoms with van der Waals surface area (Å²) >= 11 is 12.0. The summed E-state index contributed by atoms with van der Waals surface area (Å²) in [7, 11) is 1.46. The second-order valence-corrected chi connectivity index (χ2v) is 8.21. The Labute approximate surface area is 201 Å². The third-order valence-corrected chi connectivity index (χ3v) is 5.38. The maximum Gasteiger partial charge on any atom is 0.255 e. The molecule has 2 aromatic rings. The van der Waals surface area contributed by atoms with E-state index in [1.807, 2.05) is 0 Å². The summed E-state index contributed by atoms with van der Waals surface area (Å²) in [6.45, 7) is 0.199. The molecule has 0 bridgehead atoms. The third kappa shape index (κ3) is 6.63. The number of hydrogen-bond acceptors (Lipinski definition) is 5. The quantitative estimate of drug-likeness (QED) is 0.548. The van der Waals surface area contributed by atoms with Gasteiger partial charge in [-0.1, -0.05) is 29.3 Å². The fraction of sp³-hybridized carbons (Fsp3) is 0.261. The molecule has 1 aliphatic heterocycles. The monoisotopic (exact) mass is 491 g/mol. The molecular weight excluding hydrogens is 469 g/mol. The molecule has 10 heteroatoms. The predicted octanol–water partition coefficient (Wildman–Crippen LogP) is 3.51. The van der Waals surface area contributed by atoms with Gasteiger partial charge < -0.3 is 25.4 Å². The van der Waals surface area contributed by atoms with Gasteiger partial charge in [0.15, 0.2) is 18.1 Å². The van der Waals surface area contributed by atoms with Crippen molar-refractivity contribution in [3.8, 4) is 11.5 Å². The summed E-state index contributed by atoms with van der Waals surface area (Å²) in [6.07, 6.45) is 4.29. The van der Waals surface area contributed by atoms with E-state index >= 15 is 0 Å². The van der Waals surface area contributed by atoms with Crippen molar-refractivity contribution in [3.05, 3.63) is 58.1 Å². The number of hydrogen-bond donors (Lipinski definition) is 2. The van der Waals surface area contributed by atoms with E-state index in [4.69, 9.17) is 38.4 Å². The highest BCUT2D eigenvalue weighted by Gasteiger charge is 2.33. The zero-order valence-corrected chi connectivity index (χ0v) is 19.4. The molecule has 174 valence electrons. The summed E-state index contributed by atoms with van der Waals surface area (Å²) in [6, 6.07) is 9.15. The molecule has 1 aliphatic rings. The Morgan fingerprint density at radius 3 is 2.55 bits per heavy atom. The van der Waals surface area contributed by atoms with Gasteiger partial charge in [-0.15, -0.1) is 0 Å². The Balaban J connectivity index is 1.67. The number of rotatable bonds is 8. The molecule has 3 N–H and O–H groups in total. The van der Waals surface area contributed by atoms with Gasteiger partial charge in [0.25, 0.3) is 5.91 Å². The van der Waals surface area contributed by atoms with Gasteiger partial charge in [0, 0.05) is 28.4 Å². The van der Waals surface area contributed by atoms with Crippen molar-refractivity contribution in [3.63, 3.8) is 0 Å². The summed E-state index contributed by atoms with van der Waals surface area (Å²) in [5, 5.41) is 3.58. The lowest BCUT2D eigenvalue weighted by Gasteiger charge is -2.22. The van der Waals surface area contributed by atoms with E-state index < -0.39 is 11.9 Å². The van der Waals surface area contributed by atoms with Crippen LogP contribution < -0.4 is 20.5 Å². The van der Waals surface area contributed by atoms with Crippen molar-refractivity contribution in [2.45, 2.75) is 18.9 Å². The van der Waals surface area contributed by atoms with Crippen LogP contribution in [0.1, 0.15) is 18.4 Å². The lowest BCUT2D eigenvalue weighted by molar-refractivity contribution is -0.132. The van der Waals surface area contributed by atoms with E-state index in [0.29, 0.717) is 52.2 Å². The minimum absolute atomic E-state index is 0.274. The van der Waals surface area contributed by atoms with E-state index in [1.54, 1.807) is 42.5 Å². The van der Waals surface area contributed by atoms with Crippen LogP contribution in [0.15, 0.2) is 42.5 Å². The van der Waals surface area contributed by atoms with Crippen LogP contribution in [0, 0.1) is 0 Å². The number of amides is 3. The van der Waals surface area contributed by atoms with E-state index in [-0.39, 0.29) is 18.4 Å². The lowest BCUT2D eigenvalue weighted by Crippen LogP contribution is -2.42. The van der Waals surface area contributed by atoms with Gasteiger partial charge in [-0.2, -0.15) is 0 Å². The number of nitrogens with two attached hydrogens (primary N) is 1. The molecule has 3 rings (SSSR count). The zero-order valence-electron chi connectivity index (χ0n) is 17.8. The average molecular weight is 492 g/mol. The first kappa shape index (κ1) is 24.4. The molecule has 1 saturated heterocycles. The van der Waals surface area contributed by atoms with E-state index in [9.17, 15) is 14.4 Å². The largest absolute Gasteiger partial charge is 0.493 e. The molecule has 3 amide bonds. The van der Waals surface area contributed by atoms with Gasteiger partial charge in [0.2, 0.25) is 11.8 Å². The van der Waals surface area contributed by atoms with Crippen LogP contribution in [0.4, 0.5) is 5.69 Å². The van der Waals surface area contributed by atoms with Crippen molar-refractivity contribution >= 4 is 52.7 Å². The van der Waals surface area contributed by atoms with Gasteiger partial charge in [-0.3, -0.25) is 14.4 Å². The summed E-state index contributed by atoms with van der Waals surface area (Å²) in [4.78, 5) is 38.0. The highest BCUT2D eigenvalue weighted by molar-refractivity contribution is 6.35. The number of ether oxygens (including phenoxy) is 2. The smallest absolute Gasteiger partial charge is 0.255 e. The molecule has 0 saturated carbocycles. The SMILES string of the molecule is COc1cc(/C=C/C(=O)N2CCCC2C(=O)Nc2cc(Cl)cc(Cl)c2)ccc1OCC(N)=O. The van der Waals surface area contributed by atoms with Gasteiger partial charge >= 0.3 is 0 Å². The Morgan fingerprint density at radius 1 is 1.15 bits per heavy atom. The number of carbonyl (C=O) groups excluding carboxylic acids is 3. The molecule has 0 spiro atoms. The molecule has 0 aliphatic carbocycles. The van der Waals surface area contributed by atoms with Crippen molar-refractivity contribution in [2.75, 3.05) is 25.6 Å². The van der Waals surface area contributed by atoms with Crippen molar-refractivity contribution in [1.29, 1.82) is 0 Å². The van der Waals surface area contributed by atoms with Crippen molar-refractivity contribution in [2.24, 2.45) is 5.73 Å². The maximum absolute atomic E-state index is 12.8.